The second-order valence-electron chi connectivity index (χ2n) is 20.3. The Balaban J connectivity index is 0.726. The van der Waals surface area contributed by atoms with E-state index < -0.39 is 29.5 Å². The number of hydrogen-bond acceptors (Lipinski definition) is 14. The van der Waals surface area contributed by atoms with Crippen LogP contribution >= 0.6 is 11.3 Å². The number of unbranched alkanes of at least 4 members (excludes halogenated alkanes) is 2. The number of nitrogen functional groups attached to an aromatic ring is 1. The van der Waals surface area contributed by atoms with Gasteiger partial charge < -0.3 is 50.9 Å². The number of piperazine rings is 1. The largest absolute Gasteiger partial charge is 0.507 e. The molecule has 6 N–H and O–H groups in total. The first-order chi connectivity index (χ1) is 34.9. The number of ether oxygens (including phenoxy) is 1. The van der Waals surface area contributed by atoms with E-state index >= 15 is 0 Å². The van der Waals surface area contributed by atoms with Crippen molar-refractivity contribution in [1.82, 2.24) is 40.5 Å². The molecule has 2 aromatic heterocycles. The van der Waals surface area contributed by atoms with Crippen LogP contribution in [0.3, 0.4) is 0 Å². The number of nitrogens with two attached hydrogens (primary N) is 1. The van der Waals surface area contributed by atoms with Crippen molar-refractivity contribution in [3.63, 3.8) is 0 Å². The molecular weight excluding hydrogens is 949 g/mol. The van der Waals surface area contributed by atoms with Gasteiger partial charge in [-0.1, -0.05) is 63.6 Å². The molecule has 0 saturated carbocycles. The zero-order valence-electron chi connectivity index (χ0n) is 42.1. The summed E-state index contributed by atoms with van der Waals surface area (Å²) in [6, 6.07) is 21.5. The molecule has 0 radical (unpaired) electrons. The van der Waals surface area contributed by atoms with Crippen LogP contribution in [0, 0.1) is 12.3 Å². The summed E-state index contributed by atoms with van der Waals surface area (Å²) in [7, 11) is 0. The topological polar surface area (TPSA) is 237 Å². The molecule has 5 heterocycles. The normalized spacial score (nSPS) is 17.9. The Bertz CT molecular complexity index is 2770. The van der Waals surface area contributed by atoms with E-state index in [2.05, 4.69) is 25.8 Å². The highest BCUT2D eigenvalue weighted by molar-refractivity contribution is 7.13. The molecule has 0 unspecified atom stereocenters. The number of aryl methyl sites for hydroxylation is 1. The molecule has 5 aromatic rings. The average Bonchev–Trinajstić information content (AvgIpc) is 3.99. The Morgan fingerprint density at radius 3 is 2.22 bits per heavy atom. The summed E-state index contributed by atoms with van der Waals surface area (Å²) in [5, 5.41) is 35.2. The summed E-state index contributed by atoms with van der Waals surface area (Å²) in [5.74, 6) is -0.164. The van der Waals surface area contributed by atoms with Crippen molar-refractivity contribution >= 4 is 52.4 Å². The van der Waals surface area contributed by atoms with E-state index in [1.807, 2.05) is 81.4 Å². The molecule has 0 bridgehead atoms. The van der Waals surface area contributed by atoms with E-state index in [1.165, 1.54) is 4.90 Å². The molecule has 0 spiro atoms. The van der Waals surface area contributed by atoms with Crippen molar-refractivity contribution in [3.05, 3.63) is 101 Å². The van der Waals surface area contributed by atoms with E-state index in [1.54, 1.807) is 63.6 Å². The third-order valence-corrected chi connectivity index (χ3v) is 14.8. The van der Waals surface area contributed by atoms with Gasteiger partial charge in [0.05, 0.1) is 52.7 Å². The van der Waals surface area contributed by atoms with Crippen LogP contribution in [0.15, 0.2) is 84.4 Å². The van der Waals surface area contributed by atoms with Gasteiger partial charge in [-0.25, -0.2) is 4.98 Å². The Morgan fingerprint density at radius 2 is 1.55 bits per heavy atom. The molecule has 3 saturated heterocycles. The number of rotatable bonds is 17. The van der Waals surface area contributed by atoms with Crippen LogP contribution in [0.1, 0.15) is 93.9 Å². The first-order valence-electron chi connectivity index (χ1n) is 25.0. The van der Waals surface area contributed by atoms with E-state index in [0.29, 0.717) is 93.2 Å². The highest BCUT2D eigenvalue weighted by Crippen LogP contribution is 2.35. The maximum absolute atomic E-state index is 14.1. The molecule has 0 aliphatic carbocycles. The quantitative estimate of drug-likeness (QED) is 0.0701. The van der Waals surface area contributed by atoms with Gasteiger partial charge in [0.25, 0.3) is 5.91 Å². The minimum absolute atomic E-state index is 0.00509. The summed E-state index contributed by atoms with van der Waals surface area (Å²) >= 11 is 1.57. The molecule has 4 atom stereocenters. The first kappa shape index (κ1) is 52.2. The number of carbonyl (C=O) groups excluding carboxylic acids is 5. The van der Waals surface area contributed by atoms with Gasteiger partial charge in [-0.2, -0.15) is 0 Å². The highest BCUT2D eigenvalue weighted by atomic mass is 32.1. The van der Waals surface area contributed by atoms with E-state index in [0.717, 1.165) is 21.7 Å². The number of β-amino-alcohol motifs (C(OH)–C–C–N with tert-alkyl or cyclic N) is 1. The number of nitrogens with one attached hydrogen (secondary N) is 2. The van der Waals surface area contributed by atoms with Crippen LogP contribution in [0.4, 0.5) is 11.5 Å². The Hall–Kier alpha value is -7.12. The number of benzene rings is 3. The molecule has 19 heteroatoms. The zero-order chi connectivity index (χ0) is 52.0. The van der Waals surface area contributed by atoms with E-state index in [9.17, 15) is 34.2 Å². The van der Waals surface area contributed by atoms with Crippen molar-refractivity contribution in [2.75, 3.05) is 56.4 Å². The number of aromatic nitrogens is 3. The number of aromatic hydroxyl groups is 1. The maximum atomic E-state index is 14.1. The third kappa shape index (κ3) is 12.6. The molecule has 3 aromatic carbocycles. The smallest absolute Gasteiger partial charge is 0.253 e. The Kier molecular flexibility index (Phi) is 16.3. The van der Waals surface area contributed by atoms with Gasteiger partial charge in [-0.15, -0.1) is 21.5 Å². The fourth-order valence-electron chi connectivity index (χ4n) is 9.53. The lowest BCUT2D eigenvalue weighted by Crippen LogP contribution is -2.57. The number of nitrogens with zero attached hydrogens (tertiary/aromatic N) is 7. The number of para-hydroxylation sites is 1. The number of phenolic OH excluding ortho intramolecular Hbond substituents is 1. The number of likely N-dealkylation sites (tertiary alicyclic amines) is 1. The summed E-state index contributed by atoms with van der Waals surface area (Å²) < 4.78 is 6.17. The molecule has 3 aliphatic heterocycles. The van der Waals surface area contributed by atoms with Gasteiger partial charge in [-0.05, 0) is 85.7 Å². The molecule has 8 rings (SSSR count). The summed E-state index contributed by atoms with van der Waals surface area (Å²) in [5.41, 5.74) is 12.5. The zero-order valence-corrected chi connectivity index (χ0v) is 42.9. The number of aliphatic hydroxyl groups is 1. The number of phenols is 1. The molecule has 18 nitrogen and oxygen atoms in total. The first-order valence-corrected chi connectivity index (χ1v) is 25.9. The van der Waals surface area contributed by atoms with Crippen molar-refractivity contribution in [2.24, 2.45) is 5.41 Å². The van der Waals surface area contributed by atoms with Gasteiger partial charge in [0.2, 0.25) is 23.6 Å². The average molecular weight is 1020 g/mol. The highest BCUT2D eigenvalue weighted by Gasteiger charge is 2.45. The van der Waals surface area contributed by atoms with Crippen molar-refractivity contribution in [3.8, 4) is 33.2 Å². The SMILES string of the molecule is Cc1ncsc1-c1ccc([C@H](C)NC(=O)[C@@H]2C[C@@H](O)CN2C(=O)[C@@H](NC(=O)CCCCCC(=O)N2CCN(C(=O)c3ccc(OC4CN(c5cc(-c6ccccc6O)nnc5N)C4)cc3)CC2)C(C)(C)C)cc1. The van der Waals surface area contributed by atoms with Crippen molar-refractivity contribution in [1.29, 1.82) is 0 Å². The predicted octanol–water partition coefficient (Wildman–Crippen LogP) is 5.74. The van der Waals surface area contributed by atoms with Gasteiger partial charge in [0, 0.05) is 63.1 Å². The number of aliphatic hydroxyl groups excluding tert-OH is 1. The molecule has 5 amide bonds. The van der Waals surface area contributed by atoms with E-state index in [4.69, 9.17) is 10.5 Å². The number of amides is 5. The minimum atomic E-state index is -0.933. The van der Waals surface area contributed by atoms with Crippen LogP contribution in [0.5, 0.6) is 11.5 Å². The van der Waals surface area contributed by atoms with Crippen LogP contribution in [0.2, 0.25) is 0 Å². The lowest BCUT2D eigenvalue weighted by Gasteiger charge is -2.40. The summed E-state index contributed by atoms with van der Waals surface area (Å²) in [6.07, 6.45) is 1.34. The maximum Gasteiger partial charge on any atom is 0.253 e. The number of anilines is 2. The van der Waals surface area contributed by atoms with Gasteiger partial charge in [0.1, 0.15) is 29.7 Å². The lowest BCUT2D eigenvalue weighted by molar-refractivity contribution is -0.144. The fourth-order valence-corrected chi connectivity index (χ4v) is 10.3. The number of thiazole rings is 1. The van der Waals surface area contributed by atoms with Crippen LogP contribution in [-0.4, -0.2) is 140 Å². The van der Waals surface area contributed by atoms with Gasteiger partial charge in [-0.3, -0.25) is 24.0 Å². The fraction of sp³-hybridized carbons (Fsp3) is 0.444. The standard InChI is InChI=1S/C54H66N10O8S/c1-33(35-15-17-36(18-16-35)48-34(2)56-32-73-48)57-51(69)44-27-38(65)29-64(44)53(71)49(54(3,4)5)58-46(67)13-7-6-8-14-47(68)61-23-25-62(26-24-61)52(70)37-19-21-39(22-20-37)72-40-30-63(31-40)43-28-42(59-60-50(43)55)41-11-9-10-12-45(41)66/h9-12,15-22,28,32-33,38,40,44,49,65-66H,6-8,13-14,23-27,29-31H2,1-5H3,(H2,55,60)(H,57,69)(H,58,67)/t33-,38+,44-,49+/m0/s1. The van der Waals surface area contributed by atoms with Crippen LogP contribution in [0.25, 0.3) is 21.7 Å². The second kappa shape index (κ2) is 22.7. The predicted molar refractivity (Wildman–Crippen MR) is 279 cm³/mol. The van der Waals surface area contributed by atoms with Gasteiger partial charge >= 0.3 is 0 Å². The monoisotopic (exact) mass is 1010 g/mol. The number of carbonyl (C=O) groups is 5. The molecule has 386 valence electrons. The van der Waals surface area contributed by atoms with Gasteiger partial charge in [0.15, 0.2) is 5.82 Å². The molecule has 3 aliphatic rings. The summed E-state index contributed by atoms with van der Waals surface area (Å²) in [4.78, 5) is 80.1. The molecular formula is C54H66N10O8S. The minimum Gasteiger partial charge on any atom is -0.507 e. The second-order valence-corrected chi connectivity index (χ2v) is 21.2. The Labute approximate surface area is 429 Å². The Morgan fingerprint density at radius 1 is 0.863 bits per heavy atom. The van der Waals surface area contributed by atoms with Crippen molar-refractivity contribution < 1.29 is 38.9 Å². The molecule has 3 fully saturated rings. The van der Waals surface area contributed by atoms with Crippen LogP contribution < -0.4 is 26.0 Å². The third-order valence-electron chi connectivity index (χ3n) is 13.8. The molecule has 73 heavy (non-hydrogen) atoms. The lowest BCUT2D eigenvalue weighted by atomic mass is 9.85. The van der Waals surface area contributed by atoms with Crippen molar-refractivity contribution in [2.45, 2.75) is 103 Å². The number of hydrogen-bond donors (Lipinski definition) is 5. The van der Waals surface area contributed by atoms with Crippen LogP contribution in [-0.2, 0) is 19.2 Å². The van der Waals surface area contributed by atoms with E-state index in [-0.39, 0.29) is 66.7 Å². The summed E-state index contributed by atoms with van der Waals surface area (Å²) in [6.45, 7) is 12.2.